The van der Waals surface area contributed by atoms with Gasteiger partial charge in [-0.05, 0) is 57.4 Å². The van der Waals surface area contributed by atoms with Crippen LogP contribution in [0, 0.1) is 0 Å². The number of halogens is 1. The SMILES string of the molecule is COc1cc(/C=C(/NC(=O)c2ccccc2)C(=O)O)cc(Br)c1OCCc1ccccc1. The van der Waals surface area contributed by atoms with E-state index in [2.05, 4.69) is 21.2 Å². The van der Waals surface area contributed by atoms with Crippen LogP contribution in [0.3, 0.4) is 0 Å². The highest BCUT2D eigenvalue weighted by atomic mass is 79.9. The first kappa shape index (κ1) is 23.1. The molecule has 0 aliphatic rings. The van der Waals surface area contributed by atoms with Gasteiger partial charge in [-0.2, -0.15) is 0 Å². The second-order valence-electron chi connectivity index (χ2n) is 6.80. The summed E-state index contributed by atoms with van der Waals surface area (Å²) in [4.78, 5) is 24.1. The van der Waals surface area contributed by atoms with Crippen LogP contribution in [0.25, 0.3) is 6.08 Å². The highest BCUT2D eigenvalue weighted by Gasteiger charge is 2.16. The Morgan fingerprint density at radius 3 is 2.31 bits per heavy atom. The molecule has 0 radical (unpaired) electrons. The first-order chi connectivity index (χ1) is 15.5. The second-order valence-corrected chi connectivity index (χ2v) is 7.66. The fourth-order valence-electron chi connectivity index (χ4n) is 2.98. The van der Waals surface area contributed by atoms with E-state index >= 15 is 0 Å². The Hall–Kier alpha value is -3.58. The molecule has 7 heteroatoms. The normalized spacial score (nSPS) is 11.0. The summed E-state index contributed by atoms with van der Waals surface area (Å²) in [5.41, 5.74) is 1.78. The van der Waals surface area contributed by atoms with Crippen molar-refractivity contribution < 1.29 is 24.2 Å². The molecule has 0 heterocycles. The smallest absolute Gasteiger partial charge is 0.352 e. The summed E-state index contributed by atoms with van der Waals surface area (Å²) in [6.45, 7) is 0.446. The molecule has 0 aliphatic heterocycles. The van der Waals surface area contributed by atoms with E-state index in [0.717, 1.165) is 12.0 Å². The van der Waals surface area contributed by atoms with Crippen LogP contribution in [0.1, 0.15) is 21.5 Å². The Morgan fingerprint density at radius 1 is 1.03 bits per heavy atom. The lowest BCUT2D eigenvalue weighted by atomic mass is 10.1. The number of hydrogen-bond donors (Lipinski definition) is 2. The number of aliphatic carboxylic acids is 1. The van der Waals surface area contributed by atoms with Gasteiger partial charge in [-0.1, -0.05) is 48.5 Å². The lowest BCUT2D eigenvalue weighted by Gasteiger charge is -2.14. The van der Waals surface area contributed by atoms with E-state index in [4.69, 9.17) is 9.47 Å². The van der Waals surface area contributed by atoms with Crippen LogP contribution in [0.5, 0.6) is 11.5 Å². The molecule has 0 saturated carbocycles. The molecule has 1 amide bonds. The zero-order valence-electron chi connectivity index (χ0n) is 17.4. The topological polar surface area (TPSA) is 84.9 Å². The minimum atomic E-state index is -1.26. The predicted octanol–water partition coefficient (Wildman–Crippen LogP) is 4.93. The molecule has 0 bridgehead atoms. The van der Waals surface area contributed by atoms with Crippen molar-refractivity contribution in [1.82, 2.24) is 5.32 Å². The molecule has 164 valence electrons. The van der Waals surface area contributed by atoms with Gasteiger partial charge in [0.05, 0.1) is 18.2 Å². The van der Waals surface area contributed by atoms with E-state index in [9.17, 15) is 14.7 Å². The van der Waals surface area contributed by atoms with Gasteiger partial charge >= 0.3 is 5.97 Å². The van der Waals surface area contributed by atoms with E-state index in [1.165, 1.54) is 13.2 Å². The Bertz CT molecular complexity index is 1110. The Morgan fingerprint density at radius 2 is 1.69 bits per heavy atom. The number of carbonyl (C=O) groups excluding carboxylic acids is 1. The third-order valence-electron chi connectivity index (χ3n) is 4.56. The first-order valence-electron chi connectivity index (χ1n) is 9.83. The minimum Gasteiger partial charge on any atom is -0.493 e. The molecule has 0 unspecified atom stereocenters. The average molecular weight is 496 g/mol. The molecular weight excluding hydrogens is 474 g/mol. The maximum Gasteiger partial charge on any atom is 0.352 e. The van der Waals surface area contributed by atoms with Gasteiger partial charge < -0.3 is 19.9 Å². The maximum absolute atomic E-state index is 12.4. The number of carboxylic acids is 1. The second kappa shape index (κ2) is 11.2. The third-order valence-corrected chi connectivity index (χ3v) is 5.15. The lowest BCUT2D eigenvalue weighted by Crippen LogP contribution is -2.27. The summed E-state index contributed by atoms with van der Waals surface area (Å²) in [6, 6.07) is 21.7. The van der Waals surface area contributed by atoms with Crippen LogP contribution >= 0.6 is 15.9 Å². The minimum absolute atomic E-state index is 0.259. The van der Waals surface area contributed by atoms with Crippen molar-refractivity contribution in [2.75, 3.05) is 13.7 Å². The molecule has 0 aromatic heterocycles. The van der Waals surface area contributed by atoms with E-state index in [1.807, 2.05) is 30.3 Å². The van der Waals surface area contributed by atoms with Crippen LogP contribution in [0.4, 0.5) is 0 Å². The fourth-order valence-corrected chi connectivity index (χ4v) is 3.55. The van der Waals surface area contributed by atoms with Crippen molar-refractivity contribution in [3.63, 3.8) is 0 Å². The molecular formula is C25H22BrNO5. The van der Waals surface area contributed by atoms with Gasteiger partial charge in [-0.15, -0.1) is 0 Å². The quantitative estimate of drug-likeness (QED) is 0.411. The summed E-state index contributed by atoms with van der Waals surface area (Å²) in [5, 5.41) is 12.0. The van der Waals surface area contributed by atoms with Gasteiger partial charge in [0.25, 0.3) is 5.91 Å². The maximum atomic E-state index is 12.4. The van der Waals surface area contributed by atoms with E-state index in [1.54, 1.807) is 42.5 Å². The summed E-state index contributed by atoms with van der Waals surface area (Å²) in [6.07, 6.45) is 2.09. The molecule has 0 fully saturated rings. The van der Waals surface area contributed by atoms with Crippen molar-refractivity contribution in [3.8, 4) is 11.5 Å². The highest BCUT2D eigenvalue weighted by Crippen LogP contribution is 2.37. The van der Waals surface area contributed by atoms with Crippen LogP contribution < -0.4 is 14.8 Å². The number of carboxylic acid groups (broad SMARTS) is 1. The molecule has 3 aromatic rings. The number of benzene rings is 3. The van der Waals surface area contributed by atoms with E-state index < -0.39 is 11.9 Å². The van der Waals surface area contributed by atoms with Crippen LogP contribution in [0.15, 0.2) is 83.0 Å². The van der Waals surface area contributed by atoms with Gasteiger partial charge in [0.1, 0.15) is 5.70 Å². The Kier molecular flexibility index (Phi) is 8.05. The summed E-state index contributed by atoms with van der Waals surface area (Å²) in [7, 11) is 1.51. The zero-order chi connectivity index (χ0) is 22.9. The molecule has 6 nitrogen and oxygen atoms in total. The highest BCUT2D eigenvalue weighted by molar-refractivity contribution is 9.10. The van der Waals surface area contributed by atoms with Crippen LogP contribution in [-0.4, -0.2) is 30.7 Å². The molecule has 0 saturated heterocycles. The van der Waals surface area contributed by atoms with Crippen molar-refractivity contribution in [2.45, 2.75) is 6.42 Å². The number of nitrogens with one attached hydrogen (secondary N) is 1. The molecule has 3 aromatic carbocycles. The summed E-state index contributed by atoms with van der Waals surface area (Å²) >= 11 is 3.47. The predicted molar refractivity (Wildman–Crippen MR) is 126 cm³/mol. The Labute approximate surface area is 194 Å². The van der Waals surface area contributed by atoms with Gasteiger partial charge in [0, 0.05) is 12.0 Å². The molecule has 32 heavy (non-hydrogen) atoms. The fraction of sp³-hybridized carbons (Fsp3) is 0.120. The van der Waals surface area contributed by atoms with Gasteiger partial charge in [-0.25, -0.2) is 4.79 Å². The van der Waals surface area contributed by atoms with Crippen molar-refractivity contribution in [3.05, 3.63) is 99.7 Å². The number of hydrogen-bond acceptors (Lipinski definition) is 4. The van der Waals surface area contributed by atoms with Crippen LogP contribution in [-0.2, 0) is 11.2 Å². The van der Waals surface area contributed by atoms with E-state index in [0.29, 0.717) is 33.7 Å². The lowest BCUT2D eigenvalue weighted by molar-refractivity contribution is -0.132. The van der Waals surface area contributed by atoms with Gasteiger partial charge in [-0.3, -0.25) is 4.79 Å². The van der Waals surface area contributed by atoms with E-state index in [-0.39, 0.29) is 5.70 Å². The summed E-state index contributed by atoms with van der Waals surface area (Å²) < 4.78 is 12.0. The summed E-state index contributed by atoms with van der Waals surface area (Å²) in [5.74, 6) is -0.803. The Balaban J connectivity index is 1.78. The van der Waals surface area contributed by atoms with Crippen LogP contribution in [0.2, 0.25) is 0 Å². The molecule has 3 rings (SSSR count). The number of ether oxygens (including phenoxy) is 2. The molecule has 0 aliphatic carbocycles. The number of rotatable bonds is 9. The number of carbonyl (C=O) groups is 2. The van der Waals surface area contributed by atoms with Crippen molar-refractivity contribution in [2.24, 2.45) is 0 Å². The standard InChI is InChI=1S/C25H22BrNO5/c1-31-22-16-18(14-20(26)23(22)32-13-12-17-8-4-2-5-9-17)15-21(25(29)30)27-24(28)19-10-6-3-7-11-19/h2-11,14-16H,12-13H2,1H3,(H,27,28)(H,29,30)/b21-15+. The first-order valence-corrected chi connectivity index (χ1v) is 10.6. The van der Waals surface area contributed by atoms with Gasteiger partial charge in [0.15, 0.2) is 11.5 Å². The molecule has 0 spiro atoms. The van der Waals surface area contributed by atoms with Crippen molar-refractivity contribution in [1.29, 1.82) is 0 Å². The average Bonchev–Trinajstić information content (AvgIpc) is 2.80. The monoisotopic (exact) mass is 495 g/mol. The number of methoxy groups -OCH3 is 1. The number of amides is 1. The third kappa shape index (κ3) is 6.21. The zero-order valence-corrected chi connectivity index (χ0v) is 19.0. The molecule has 2 N–H and O–H groups in total. The molecule has 0 atom stereocenters. The van der Waals surface area contributed by atoms with Crippen molar-refractivity contribution >= 4 is 33.9 Å². The largest absolute Gasteiger partial charge is 0.493 e. The van der Waals surface area contributed by atoms with Gasteiger partial charge in [0.2, 0.25) is 0 Å².